The lowest BCUT2D eigenvalue weighted by Crippen LogP contribution is -2.24. The van der Waals surface area contributed by atoms with Gasteiger partial charge in [-0.2, -0.15) is 0 Å². The number of allylic oxidation sites excluding steroid dienone is 1. The second-order valence-electron chi connectivity index (χ2n) is 6.31. The number of hydrogen-bond donors (Lipinski definition) is 4. The van der Waals surface area contributed by atoms with E-state index in [0.29, 0.717) is 32.1 Å². The fourth-order valence-corrected chi connectivity index (χ4v) is 4.40. The zero-order chi connectivity index (χ0) is 21.7. The van der Waals surface area contributed by atoms with Gasteiger partial charge in [-0.3, -0.25) is 10.1 Å². The molecule has 10 heteroatoms. The standard InChI is InChI=1S/C20H22N6O2S2/c1-4-6-11(2)17(27)23-13-8-5-7-12(9-13)14-10-29-18(24-14)15-16(21)25-20(30-15)26-19(28)22-3/h5-10H,4,21H2,1-3H3,(H,23,27)(H2,22,25,26,28). The molecule has 3 amide bonds. The highest BCUT2D eigenvalue weighted by molar-refractivity contribution is 7.23. The first-order valence-electron chi connectivity index (χ1n) is 9.20. The van der Waals surface area contributed by atoms with Crippen LogP contribution in [-0.2, 0) is 4.79 Å². The molecule has 0 saturated carbocycles. The van der Waals surface area contributed by atoms with Crippen molar-refractivity contribution in [2.75, 3.05) is 23.4 Å². The van der Waals surface area contributed by atoms with E-state index in [9.17, 15) is 9.59 Å². The molecule has 0 spiro atoms. The molecule has 0 unspecified atom stereocenters. The van der Waals surface area contributed by atoms with Crippen LogP contribution < -0.4 is 21.7 Å². The average molecular weight is 443 g/mol. The predicted octanol–water partition coefficient (Wildman–Crippen LogP) is 4.56. The number of amides is 3. The van der Waals surface area contributed by atoms with Gasteiger partial charge in [0.05, 0.1) is 5.69 Å². The summed E-state index contributed by atoms with van der Waals surface area (Å²) in [7, 11) is 1.53. The normalized spacial score (nSPS) is 11.2. The molecule has 0 aliphatic rings. The summed E-state index contributed by atoms with van der Waals surface area (Å²) in [5.41, 5.74) is 9.03. The Morgan fingerprint density at radius 2 is 2.03 bits per heavy atom. The number of thiazole rings is 2. The van der Waals surface area contributed by atoms with Crippen LogP contribution in [0.1, 0.15) is 20.3 Å². The van der Waals surface area contributed by atoms with Crippen LogP contribution in [0.5, 0.6) is 0 Å². The van der Waals surface area contributed by atoms with E-state index in [4.69, 9.17) is 5.73 Å². The van der Waals surface area contributed by atoms with Crippen molar-refractivity contribution in [3.63, 3.8) is 0 Å². The van der Waals surface area contributed by atoms with Crippen molar-refractivity contribution in [1.29, 1.82) is 0 Å². The van der Waals surface area contributed by atoms with Crippen molar-refractivity contribution in [1.82, 2.24) is 15.3 Å². The lowest BCUT2D eigenvalue weighted by atomic mass is 10.1. The van der Waals surface area contributed by atoms with Gasteiger partial charge in [0.15, 0.2) is 5.13 Å². The summed E-state index contributed by atoms with van der Waals surface area (Å²) < 4.78 is 0. The third-order valence-corrected chi connectivity index (χ3v) is 6.07. The molecular formula is C20H22N6O2S2. The third kappa shape index (κ3) is 5.02. The molecule has 2 aromatic heterocycles. The van der Waals surface area contributed by atoms with Crippen LogP contribution in [0.15, 0.2) is 41.3 Å². The number of nitrogens with zero attached hydrogens (tertiary/aromatic N) is 2. The zero-order valence-electron chi connectivity index (χ0n) is 16.8. The number of benzene rings is 1. The van der Waals surface area contributed by atoms with Gasteiger partial charge in [-0.05, 0) is 25.5 Å². The Balaban J connectivity index is 1.81. The van der Waals surface area contributed by atoms with E-state index in [2.05, 4.69) is 25.9 Å². The van der Waals surface area contributed by atoms with E-state index in [1.165, 1.54) is 29.7 Å². The van der Waals surface area contributed by atoms with Crippen molar-refractivity contribution >= 4 is 51.2 Å². The smallest absolute Gasteiger partial charge is 0.320 e. The quantitative estimate of drug-likeness (QED) is 0.417. The number of anilines is 3. The Bertz CT molecular complexity index is 1100. The molecule has 0 bridgehead atoms. The maximum atomic E-state index is 12.2. The van der Waals surface area contributed by atoms with Gasteiger partial charge in [0.25, 0.3) is 5.91 Å². The fraction of sp³-hybridized carbons (Fsp3) is 0.200. The molecule has 1 aromatic carbocycles. The maximum absolute atomic E-state index is 12.2. The molecule has 8 nitrogen and oxygen atoms in total. The van der Waals surface area contributed by atoms with Crippen molar-refractivity contribution in [3.05, 3.63) is 41.3 Å². The molecule has 2 heterocycles. The Kier molecular flexibility index (Phi) is 6.80. The number of nitrogens with two attached hydrogens (primary N) is 1. The number of urea groups is 1. The molecule has 30 heavy (non-hydrogen) atoms. The summed E-state index contributed by atoms with van der Waals surface area (Å²) in [6, 6.07) is 7.15. The van der Waals surface area contributed by atoms with Crippen LogP contribution in [0.2, 0.25) is 0 Å². The van der Waals surface area contributed by atoms with E-state index < -0.39 is 0 Å². The summed E-state index contributed by atoms with van der Waals surface area (Å²) in [6.45, 7) is 3.78. The summed E-state index contributed by atoms with van der Waals surface area (Å²) in [4.78, 5) is 33.2. The molecule has 5 N–H and O–H groups in total. The van der Waals surface area contributed by atoms with Gasteiger partial charge in [-0.1, -0.05) is 36.5 Å². The highest BCUT2D eigenvalue weighted by Crippen LogP contribution is 2.38. The van der Waals surface area contributed by atoms with Crippen molar-refractivity contribution < 1.29 is 9.59 Å². The molecule has 156 valence electrons. The molecule has 3 rings (SSSR count). The van der Waals surface area contributed by atoms with E-state index in [0.717, 1.165) is 17.7 Å². The number of rotatable bonds is 6. The van der Waals surface area contributed by atoms with Crippen molar-refractivity contribution in [3.8, 4) is 21.1 Å². The topological polar surface area (TPSA) is 122 Å². The minimum Gasteiger partial charge on any atom is -0.382 e. The SMILES string of the molecule is CCC=C(C)C(=O)Nc1cccc(-c2csc(-c3sc(NC(=O)NC)nc3N)n2)c1. The summed E-state index contributed by atoms with van der Waals surface area (Å²) >= 11 is 2.70. The first-order chi connectivity index (χ1) is 14.4. The molecule has 3 aromatic rings. The van der Waals surface area contributed by atoms with Crippen LogP contribution in [0, 0.1) is 0 Å². The molecule has 0 radical (unpaired) electrons. The van der Waals surface area contributed by atoms with Gasteiger partial charge in [0.2, 0.25) is 0 Å². The first-order valence-corrected chi connectivity index (χ1v) is 10.9. The Hall–Kier alpha value is -3.24. The second kappa shape index (κ2) is 9.51. The van der Waals surface area contributed by atoms with Gasteiger partial charge in [-0.15, -0.1) is 11.3 Å². The minimum absolute atomic E-state index is 0.124. The maximum Gasteiger partial charge on any atom is 0.320 e. The van der Waals surface area contributed by atoms with Crippen LogP contribution in [-0.4, -0.2) is 29.0 Å². The van der Waals surface area contributed by atoms with Crippen LogP contribution in [0.25, 0.3) is 21.1 Å². The molecule has 0 aliphatic heterocycles. The summed E-state index contributed by atoms with van der Waals surface area (Å²) in [5, 5.41) is 11.0. The van der Waals surface area contributed by atoms with Gasteiger partial charge in [0, 0.05) is 29.3 Å². The van der Waals surface area contributed by atoms with Crippen LogP contribution in [0.3, 0.4) is 0 Å². The Labute approximate surface area is 182 Å². The predicted molar refractivity (Wildman–Crippen MR) is 124 cm³/mol. The van der Waals surface area contributed by atoms with Gasteiger partial charge in [0.1, 0.15) is 15.7 Å². The largest absolute Gasteiger partial charge is 0.382 e. The summed E-state index contributed by atoms with van der Waals surface area (Å²) in [6.07, 6.45) is 2.70. The van der Waals surface area contributed by atoms with Gasteiger partial charge >= 0.3 is 6.03 Å². The van der Waals surface area contributed by atoms with Gasteiger partial charge in [-0.25, -0.2) is 14.8 Å². The molecule has 0 saturated heterocycles. The zero-order valence-corrected chi connectivity index (χ0v) is 18.4. The number of hydrogen-bond acceptors (Lipinski definition) is 7. The van der Waals surface area contributed by atoms with Crippen LogP contribution >= 0.6 is 22.7 Å². The molecule has 0 aliphatic carbocycles. The number of nitrogen functional groups attached to an aromatic ring is 1. The highest BCUT2D eigenvalue weighted by atomic mass is 32.1. The van der Waals surface area contributed by atoms with E-state index in [-0.39, 0.29) is 11.9 Å². The number of nitrogens with one attached hydrogen (secondary N) is 3. The molecule has 0 atom stereocenters. The molecule has 0 fully saturated rings. The second-order valence-corrected chi connectivity index (χ2v) is 8.16. The fourth-order valence-electron chi connectivity index (χ4n) is 2.59. The highest BCUT2D eigenvalue weighted by Gasteiger charge is 2.16. The third-order valence-electron chi connectivity index (χ3n) is 4.08. The van der Waals surface area contributed by atoms with E-state index >= 15 is 0 Å². The average Bonchev–Trinajstić information content (AvgIpc) is 3.35. The number of carbonyl (C=O) groups excluding carboxylic acids is 2. The number of carbonyl (C=O) groups is 2. The van der Waals surface area contributed by atoms with Gasteiger partial charge < -0.3 is 16.4 Å². The number of aromatic nitrogens is 2. The first kappa shape index (κ1) is 21.5. The molecular weight excluding hydrogens is 420 g/mol. The summed E-state index contributed by atoms with van der Waals surface area (Å²) in [5.74, 6) is 0.188. The lowest BCUT2D eigenvalue weighted by molar-refractivity contribution is -0.112. The Morgan fingerprint density at radius 3 is 2.77 bits per heavy atom. The van der Waals surface area contributed by atoms with Crippen molar-refractivity contribution in [2.24, 2.45) is 0 Å². The van der Waals surface area contributed by atoms with Crippen LogP contribution in [0.4, 0.5) is 21.4 Å². The van der Waals surface area contributed by atoms with E-state index in [1.807, 2.05) is 42.6 Å². The minimum atomic E-state index is -0.363. The van der Waals surface area contributed by atoms with E-state index in [1.54, 1.807) is 6.92 Å². The Morgan fingerprint density at radius 1 is 1.23 bits per heavy atom. The lowest BCUT2D eigenvalue weighted by Gasteiger charge is -2.07. The monoisotopic (exact) mass is 442 g/mol. The van der Waals surface area contributed by atoms with Crippen molar-refractivity contribution in [2.45, 2.75) is 20.3 Å².